The van der Waals surface area contributed by atoms with Crippen LogP contribution in [0.15, 0.2) is 16.8 Å². The van der Waals surface area contributed by atoms with Gasteiger partial charge in [0.1, 0.15) is 0 Å². The van der Waals surface area contributed by atoms with Gasteiger partial charge in [-0.1, -0.05) is 0 Å². The van der Waals surface area contributed by atoms with E-state index in [0.717, 1.165) is 0 Å². The number of rotatable bonds is 2. The summed E-state index contributed by atoms with van der Waals surface area (Å²) < 4.78 is 20.7. The maximum atomic E-state index is 10.1. The highest BCUT2D eigenvalue weighted by molar-refractivity contribution is 7.80. The van der Waals surface area contributed by atoms with E-state index >= 15 is 0 Å². The first kappa shape index (κ1) is 6.73. The smallest absolute Gasteiger partial charge is 0.259 e. The second-order valence-electron chi connectivity index (χ2n) is 1.36. The molecule has 9 heavy (non-hydrogen) atoms. The quantitative estimate of drug-likeness (QED) is 0.645. The standard InChI is InChI=1S/C4H5NO2S2/c6-9(7)5-4-1-2-8-3-4/h1-3,5H,(H,6,7). The van der Waals surface area contributed by atoms with Crippen molar-refractivity contribution < 1.29 is 8.76 Å². The highest BCUT2D eigenvalue weighted by atomic mass is 32.2. The van der Waals surface area contributed by atoms with E-state index < -0.39 is 11.3 Å². The van der Waals surface area contributed by atoms with Crippen LogP contribution in [-0.2, 0) is 11.3 Å². The molecule has 50 valence electrons. The van der Waals surface area contributed by atoms with E-state index in [1.165, 1.54) is 11.3 Å². The molecule has 0 saturated carbocycles. The van der Waals surface area contributed by atoms with Crippen LogP contribution in [0.4, 0.5) is 5.69 Å². The highest BCUT2D eigenvalue weighted by Gasteiger charge is 1.92. The first-order valence-electron chi connectivity index (χ1n) is 2.19. The van der Waals surface area contributed by atoms with Gasteiger partial charge < -0.3 is 0 Å². The zero-order chi connectivity index (χ0) is 6.69. The molecule has 1 aromatic rings. The Hall–Kier alpha value is -0.390. The molecule has 0 spiro atoms. The molecule has 0 saturated heterocycles. The van der Waals surface area contributed by atoms with Crippen LogP contribution in [0, 0.1) is 0 Å². The second kappa shape index (κ2) is 2.95. The predicted octanol–water partition coefficient (Wildman–Crippen LogP) is 1.30. The average molecular weight is 163 g/mol. The molecule has 1 aromatic heterocycles. The molecule has 0 fully saturated rings. The summed E-state index contributed by atoms with van der Waals surface area (Å²) >= 11 is -0.465. The van der Waals surface area contributed by atoms with Gasteiger partial charge in [0.05, 0.1) is 5.69 Å². The normalized spacial score (nSPS) is 13.0. The van der Waals surface area contributed by atoms with E-state index in [0.29, 0.717) is 5.69 Å². The van der Waals surface area contributed by atoms with Gasteiger partial charge in [0, 0.05) is 5.38 Å². The van der Waals surface area contributed by atoms with Crippen LogP contribution < -0.4 is 4.72 Å². The van der Waals surface area contributed by atoms with Crippen LogP contribution in [0.2, 0.25) is 0 Å². The van der Waals surface area contributed by atoms with E-state index in [4.69, 9.17) is 4.55 Å². The Balaban J connectivity index is 2.58. The fraction of sp³-hybridized carbons (Fsp3) is 0. The van der Waals surface area contributed by atoms with Crippen LogP contribution in [0.1, 0.15) is 0 Å². The Morgan fingerprint density at radius 1 is 1.78 bits per heavy atom. The number of thiophene rings is 1. The van der Waals surface area contributed by atoms with Crippen molar-refractivity contribution in [1.29, 1.82) is 0 Å². The van der Waals surface area contributed by atoms with E-state index in [2.05, 4.69) is 4.72 Å². The molecule has 1 atom stereocenters. The number of hydrogen-bond acceptors (Lipinski definition) is 2. The molecular weight excluding hydrogens is 158 g/mol. The second-order valence-corrected chi connectivity index (χ2v) is 2.85. The predicted molar refractivity (Wildman–Crippen MR) is 38.7 cm³/mol. The van der Waals surface area contributed by atoms with Gasteiger partial charge in [-0.25, -0.2) is 4.21 Å². The molecule has 0 aromatic carbocycles. The molecular formula is C4H5NO2S2. The van der Waals surface area contributed by atoms with Crippen LogP contribution in [0.3, 0.4) is 0 Å². The van der Waals surface area contributed by atoms with Gasteiger partial charge in [0.25, 0.3) is 11.3 Å². The van der Waals surface area contributed by atoms with Crippen molar-refractivity contribution in [3.8, 4) is 0 Å². The Bertz CT molecular complexity index is 196. The SMILES string of the molecule is O=S(O)Nc1ccsc1. The first-order valence-corrected chi connectivity index (χ1v) is 4.23. The fourth-order valence-electron chi connectivity index (χ4n) is 0.423. The van der Waals surface area contributed by atoms with Crippen molar-refractivity contribution >= 4 is 28.3 Å². The molecule has 0 bridgehead atoms. The summed E-state index contributed by atoms with van der Waals surface area (Å²) in [4.78, 5) is 0. The maximum Gasteiger partial charge on any atom is 0.259 e. The fourth-order valence-corrected chi connectivity index (χ4v) is 1.41. The third kappa shape index (κ3) is 2.13. The molecule has 5 heteroatoms. The van der Waals surface area contributed by atoms with Crippen molar-refractivity contribution in [2.45, 2.75) is 0 Å². The lowest BCUT2D eigenvalue weighted by Crippen LogP contribution is -1.99. The van der Waals surface area contributed by atoms with Crippen LogP contribution in [0.5, 0.6) is 0 Å². The molecule has 1 unspecified atom stereocenters. The van der Waals surface area contributed by atoms with Crippen molar-refractivity contribution in [2.24, 2.45) is 0 Å². The molecule has 2 N–H and O–H groups in total. The van der Waals surface area contributed by atoms with E-state index in [-0.39, 0.29) is 0 Å². The lowest BCUT2D eigenvalue weighted by Gasteiger charge is -1.92. The third-order valence-electron chi connectivity index (χ3n) is 0.726. The topological polar surface area (TPSA) is 49.3 Å². The number of hydrogen-bond donors (Lipinski definition) is 2. The molecule has 0 amide bonds. The molecule has 0 radical (unpaired) electrons. The van der Waals surface area contributed by atoms with Gasteiger partial charge in [0.2, 0.25) is 0 Å². The minimum absolute atomic E-state index is 0.681. The van der Waals surface area contributed by atoms with E-state index in [1.807, 2.05) is 5.38 Å². The summed E-state index contributed by atoms with van der Waals surface area (Å²) in [6, 6.07) is 1.73. The average Bonchev–Trinajstić information content (AvgIpc) is 2.15. The van der Waals surface area contributed by atoms with Gasteiger partial charge in [-0.15, -0.1) is 0 Å². The maximum absolute atomic E-state index is 10.1. The molecule has 1 rings (SSSR count). The van der Waals surface area contributed by atoms with Gasteiger partial charge in [-0.3, -0.25) is 9.27 Å². The number of nitrogens with one attached hydrogen (secondary N) is 1. The monoisotopic (exact) mass is 163 g/mol. The molecule has 0 aliphatic carbocycles. The highest BCUT2D eigenvalue weighted by Crippen LogP contribution is 2.11. The van der Waals surface area contributed by atoms with Crippen molar-refractivity contribution in [3.05, 3.63) is 16.8 Å². The largest absolute Gasteiger partial charge is 0.289 e. The molecule has 3 nitrogen and oxygen atoms in total. The third-order valence-corrected chi connectivity index (χ3v) is 1.82. The van der Waals surface area contributed by atoms with E-state index in [9.17, 15) is 4.21 Å². The Morgan fingerprint density at radius 3 is 3.00 bits per heavy atom. The Labute approximate surface area is 59.1 Å². The van der Waals surface area contributed by atoms with Crippen LogP contribution in [0.25, 0.3) is 0 Å². The van der Waals surface area contributed by atoms with Gasteiger partial charge in [-0.05, 0) is 11.4 Å². The molecule has 0 aliphatic rings. The van der Waals surface area contributed by atoms with Crippen molar-refractivity contribution in [2.75, 3.05) is 4.72 Å². The van der Waals surface area contributed by atoms with Crippen molar-refractivity contribution in [3.63, 3.8) is 0 Å². The summed E-state index contributed by atoms with van der Waals surface area (Å²) in [7, 11) is 0. The van der Waals surface area contributed by atoms with Gasteiger partial charge in [0.15, 0.2) is 0 Å². The summed E-state index contributed by atoms with van der Waals surface area (Å²) in [5.74, 6) is 0. The first-order chi connectivity index (χ1) is 4.29. The lowest BCUT2D eigenvalue weighted by molar-refractivity contribution is 0.570. The Morgan fingerprint density at radius 2 is 2.56 bits per heavy atom. The van der Waals surface area contributed by atoms with Gasteiger partial charge in [-0.2, -0.15) is 11.3 Å². The number of anilines is 1. The lowest BCUT2D eigenvalue weighted by atomic mass is 10.6. The minimum Gasteiger partial charge on any atom is -0.289 e. The van der Waals surface area contributed by atoms with Crippen molar-refractivity contribution in [1.82, 2.24) is 0 Å². The molecule has 1 heterocycles. The zero-order valence-corrected chi connectivity index (χ0v) is 6.04. The van der Waals surface area contributed by atoms with Crippen LogP contribution >= 0.6 is 11.3 Å². The minimum atomic E-state index is -1.94. The zero-order valence-electron chi connectivity index (χ0n) is 4.40. The summed E-state index contributed by atoms with van der Waals surface area (Å²) in [6.45, 7) is 0. The van der Waals surface area contributed by atoms with Crippen LogP contribution in [-0.4, -0.2) is 8.76 Å². The Kier molecular flexibility index (Phi) is 2.21. The molecule has 0 aliphatic heterocycles. The summed E-state index contributed by atoms with van der Waals surface area (Å²) in [5.41, 5.74) is 0.681. The van der Waals surface area contributed by atoms with Gasteiger partial charge >= 0.3 is 0 Å². The summed E-state index contributed by atoms with van der Waals surface area (Å²) in [5, 5.41) is 3.59. The summed E-state index contributed by atoms with van der Waals surface area (Å²) in [6.07, 6.45) is 0. The van der Waals surface area contributed by atoms with E-state index in [1.54, 1.807) is 11.4 Å².